The average molecular weight is 357 g/mol. The molecule has 1 fully saturated rings. The molecule has 3 rings (SSSR count). The second-order valence-electron chi connectivity index (χ2n) is 7.05. The number of rotatable bonds is 7. The zero-order valence-corrected chi connectivity index (χ0v) is 15.7. The second-order valence-corrected chi connectivity index (χ2v) is 7.05. The molecule has 1 aliphatic heterocycles. The van der Waals surface area contributed by atoms with Crippen LogP contribution in [-0.2, 0) is 13.0 Å². The highest BCUT2D eigenvalue weighted by molar-refractivity contribution is 5.30. The number of methoxy groups -OCH3 is 1. The minimum atomic E-state index is -0.304. The van der Waals surface area contributed by atoms with Gasteiger partial charge in [-0.3, -0.25) is 9.88 Å². The molecule has 1 unspecified atom stereocenters. The van der Waals surface area contributed by atoms with E-state index in [-0.39, 0.29) is 5.82 Å². The zero-order chi connectivity index (χ0) is 18.4. The van der Waals surface area contributed by atoms with Crippen LogP contribution in [0.3, 0.4) is 0 Å². The Morgan fingerprint density at radius 1 is 1.31 bits per heavy atom. The van der Waals surface area contributed by atoms with E-state index in [1.54, 1.807) is 0 Å². The monoisotopic (exact) mass is 357 g/mol. The first-order valence-corrected chi connectivity index (χ1v) is 9.30. The van der Waals surface area contributed by atoms with Crippen molar-refractivity contribution in [2.45, 2.75) is 31.8 Å². The van der Waals surface area contributed by atoms with Gasteiger partial charge in [0, 0.05) is 44.0 Å². The first-order valence-electron chi connectivity index (χ1n) is 9.30. The number of nitrogens with zero attached hydrogens (tertiary/aromatic N) is 3. The molecule has 26 heavy (non-hydrogen) atoms. The molecule has 0 bridgehead atoms. The molecule has 1 atom stereocenters. The molecule has 1 saturated heterocycles. The number of hydrogen-bond acceptors (Lipinski definition) is 4. The van der Waals surface area contributed by atoms with Crippen LogP contribution in [0, 0.1) is 5.82 Å². The maximum atomic E-state index is 13.6. The summed E-state index contributed by atoms with van der Waals surface area (Å²) in [5.74, 6) is 0.0190. The Morgan fingerprint density at radius 2 is 2.19 bits per heavy atom. The van der Waals surface area contributed by atoms with E-state index in [0.717, 1.165) is 43.9 Å². The van der Waals surface area contributed by atoms with E-state index < -0.39 is 0 Å². The minimum Gasteiger partial charge on any atom is -0.494 e. The molecule has 2 heterocycles. The molecule has 1 aliphatic rings. The van der Waals surface area contributed by atoms with Gasteiger partial charge in [-0.05, 0) is 56.3 Å². The number of pyridine rings is 1. The maximum absolute atomic E-state index is 13.6. The van der Waals surface area contributed by atoms with Gasteiger partial charge < -0.3 is 9.64 Å². The quantitative estimate of drug-likeness (QED) is 0.760. The van der Waals surface area contributed by atoms with Crippen LogP contribution in [0.5, 0.6) is 5.75 Å². The van der Waals surface area contributed by atoms with Gasteiger partial charge in [-0.1, -0.05) is 12.1 Å². The third kappa shape index (κ3) is 5.02. The minimum absolute atomic E-state index is 0.304. The largest absolute Gasteiger partial charge is 0.494 e. The van der Waals surface area contributed by atoms with E-state index in [0.29, 0.717) is 11.8 Å². The standard InChI is InChI=1S/C21H28FN3O/c1-24(13-10-18-6-3-4-11-23-18)19-7-5-12-25(16-19)15-17-8-9-20(22)21(14-17)26-2/h3-4,6,8-9,11,14,19H,5,7,10,12-13,15-16H2,1-2H3. The SMILES string of the molecule is COc1cc(CN2CCCC(N(C)CCc3ccccn3)C2)ccc1F. The van der Waals surface area contributed by atoms with Crippen molar-refractivity contribution in [2.24, 2.45) is 0 Å². The van der Waals surface area contributed by atoms with Crippen LogP contribution in [0.15, 0.2) is 42.6 Å². The average Bonchev–Trinajstić information content (AvgIpc) is 2.68. The fourth-order valence-electron chi connectivity index (χ4n) is 3.61. The number of piperidine rings is 1. The Labute approximate surface area is 155 Å². The Morgan fingerprint density at radius 3 is 2.96 bits per heavy atom. The van der Waals surface area contributed by atoms with Crippen molar-refractivity contribution in [1.82, 2.24) is 14.8 Å². The van der Waals surface area contributed by atoms with Gasteiger partial charge in [0.2, 0.25) is 0 Å². The van der Waals surface area contributed by atoms with Gasteiger partial charge in [0.25, 0.3) is 0 Å². The molecule has 0 spiro atoms. The Hall–Kier alpha value is -1.98. The molecule has 4 nitrogen and oxygen atoms in total. The molecular formula is C21H28FN3O. The summed E-state index contributed by atoms with van der Waals surface area (Å²) in [6.07, 6.45) is 5.25. The number of benzene rings is 1. The van der Waals surface area contributed by atoms with Crippen LogP contribution in [0.1, 0.15) is 24.1 Å². The van der Waals surface area contributed by atoms with E-state index in [1.165, 1.54) is 26.0 Å². The molecule has 0 radical (unpaired) electrons. The second kappa shape index (κ2) is 9.10. The fraction of sp³-hybridized carbons (Fsp3) is 0.476. The van der Waals surface area contributed by atoms with Crippen molar-refractivity contribution in [3.63, 3.8) is 0 Å². The van der Waals surface area contributed by atoms with Gasteiger partial charge in [-0.15, -0.1) is 0 Å². The molecule has 0 saturated carbocycles. The number of aromatic nitrogens is 1. The normalized spacial score (nSPS) is 18.2. The molecule has 5 heteroatoms. The summed E-state index contributed by atoms with van der Waals surface area (Å²) in [6.45, 7) is 3.98. The van der Waals surface area contributed by atoms with Crippen LogP contribution < -0.4 is 4.74 Å². The summed E-state index contributed by atoms with van der Waals surface area (Å²) >= 11 is 0. The molecule has 0 amide bonds. The van der Waals surface area contributed by atoms with Crippen molar-refractivity contribution in [2.75, 3.05) is 33.8 Å². The van der Waals surface area contributed by atoms with Gasteiger partial charge >= 0.3 is 0 Å². The van der Waals surface area contributed by atoms with Gasteiger partial charge in [0.1, 0.15) is 0 Å². The van der Waals surface area contributed by atoms with Crippen molar-refractivity contribution < 1.29 is 9.13 Å². The summed E-state index contributed by atoms with van der Waals surface area (Å²) in [4.78, 5) is 9.32. The predicted octanol–water partition coefficient (Wildman–Crippen LogP) is 3.37. The summed E-state index contributed by atoms with van der Waals surface area (Å²) in [7, 11) is 3.72. The van der Waals surface area contributed by atoms with Crippen LogP contribution in [-0.4, -0.2) is 54.6 Å². The Balaban J connectivity index is 1.53. The van der Waals surface area contributed by atoms with E-state index in [9.17, 15) is 4.39 Å². The lowest BCUT2D eigenvalue weighted by atomic mass is 10.0. The van der Waals surface area contributed by atoms with Crippen molar-refractivity contribution >= 4 is 0 Å². The van der Waals surface area contributed by atoms with E-state index >= 15 is 0 Å². The number of likely N-dealkylation sites (tertiary alicyclic amines) is 1. The van der Waals surface area contributed by atoms with Crippen molar-refractivity contribution in [3.8, 4) is 5.75 Å². The summed E-state index contributed by atoms with van der Waals surface area (Å²) in [6, 6.07) is 11.8. The predicted molar refractivity (Wildman–Crippen MR) is 102 cm³/mol. The lowest BCUT2D eigenvalue weighted by molar-refractivity contribution is 0.112. The summed E-state index contributed by atoms with van der Waals surface area (Å²) in [5.41, 5.74) is 2.24. The van der Waals surface area contributed by atoms with Crippen LogP contribution in [0.25, 0.3) is 0 Å². The van der Waals surface area contributed by atoms with Gasteiger partial charge in [-0.25, -0.2) is 4.39 Å². The summed E-state index contributed by atoms with van der Waals surface area (Å²) in [5, 5.41) is 0. The van der Waals surface area contributed by atoms with Gasteiger partial charge in [0.05, 0.1) is 7.11 Å². The number of ether oxygens (including phenoxy) is 1. The zero-order valence-electron chi connectivity index (χ0n) is 15.7. The molecule has 0 aliphatic carbocycles. The highest BCUT2D eigenvalue weighted by atomic mass is 19.1. The third-order valence-electron chi connectivity index (χ3n) is 5.17. The molecule has 140 valence electrons. The summed E-state index contributed by atoms with van der Waals surface area (Å²) < 4.78 is 18.7. The lowest BCUT2D eigenvalue weighted by Gasteiger charge is -2.37. The van der Waals surface area contributed by atoms with E-state index in [1.807, 2.05) is 30.5 Å². The molecule has 2 aromatic rings. The maximum Gasteiger partial charge on any atom is 0.165 e. The number of hydrogen-bond donors (Lipinski definition) is 0. The van der Waals surface area contributed by atoms with Gasteiger partial charge in [0.15, 0.2) is 11.6 Å². The highest BCUT2D eigenvalue weighted by Crippen LogP contribution is 2.22. The Bertz CT molecular complexity index is 695. The fourth-order valence-corrected chi connectivity index (χ4v) is 3.61. The molecular weight excluding hydrogens is 329 g/mol. The van der Waals surface area contributed by atoms with E-state index in [4.69, 9.17) is 4.74 Å². The number of likely N-dealkylation sites (N-methyl/N-ethyl adjacent to an activating group) is 1. The smallest absolute Gasteiger partial charge is 0.165 e. The first-order chi connectivity index (χ1) is 12.7. The molecule has 1 aromatic carbocycles. The first kappa shape index (κ1) is 18.8. The highest BCUT2D eigenvalue weighted by Gasteiger charge is 2.23. The topological polar surface area (TPSA) is 28.6 Å². The molecule has 1 aromatic heterocycles. The third-order valence-corrected chi connectivity index (χ3v) is 5.17. The van der Waals surface area contributed by atoms with Crippen LogP contribution in [0.2, 0.25) is 0 Å². The van der Waals surface area contributed by atoms with E-state index in [2.05, 4.69) is 27.9 Å². The lowest BCUT2D eigenvalue weighted by Crippen LogP contribution is -2.46. The van der Waals surface area contributed by atoms with Crippen molar-refractivity contribution in [1.29, 1.82) is 0 Å². The van der Waals surface area contributed by atoms with Crippen molar-refractivity contribution in [3.05, 3.63) is 59.7 Å². The molecule has 0 N–H and O–H groups in total. The van der Waals surface area contributed by atoms with Crippen LogP contribution >= 0.6 is 0 Å². The number of halogens is 1. The Kier molecular flexibility index (Phi) is 6.58. The van der Waals surface area contributed by atoms with Crippen LogP contribution in [0.4, 0.5) is 4.39 Å². The van der Waals surface area contributed by atoms with Gasteiger partial charge in [-0.2, -0.15) is 0 Å².